The van der Waals surface area contributed by atoms with Crippen LogP contribution in [0.3, 0.4) is 0 Å². The first-order valence-corrected chi connectivity index (χ1v) is 8.48. The molecule has 8 nitrogen and oxygen atoms in total. The molecule has 0 aromatic carbocycles. The van der Waals surface area contributed by atoms with Gasteiger partial charge in [0.1, 0.15) is 13.2 Å². The standard InChI is InChI=1S/C17H24N4O4/c1-17(2)11-25-16(23)21(17)14-8-18-13(7-19-14)12-5-4-6-20(9-12)15(22)10-24-3/h7-8,12H,4-6,9-11H2,1-3H3/t12-/m1/s1. The van der Waals surface area contributed by atoms with Crippen LogP contribution in [0.25, 0.3) is 0 Å². The van der Waals surface area contributed by atoms with Crippen molar-refractivity contribution in [3.05, 3.63) is 18.1 Å². The van der Waals surface area contributed by atoms with Gasteiger partial charge in [0.25, 0.3) is 0 Å². The Morgan fingerprint density at radius 1 is 1.40 bits per heavy atom. The number of hydrogen-bond donors (Lipinski definition) is 0. The van der Waals surface area contributed by atoms with Gasteiger partial charge < -0.3 is 14.4 Å². The second kappa shape index (κ2) is 6.95. The fourth-order valence-corrected chi connectivity index (χ4v) is 3.34. The molecular formula is C17H24N4O4. The number of hydrogen-bond acceptors (Lipinski definition) is 6. The van der Waals surface area contributed by atoms with Crippen LogP contribution in [0.5, 0.6) is 0 Å². The van der Waals surface area contributed by atoms with E-state index in [2.05, 4.69) is 9.97 Å². The minimum absolute atomic E-state index is 0.00154. The zero-order chi connectivity index (χ0) is 18.0. The summed E-state index contributed by atoms with van der Waals surface area (Å²) in [5.41, 5.74) is 0.394. The molecule has 3 rings (SSSR count). The van der Waals surface area contributed by atoms with Crippen molar-refractivity contribution in [1.29, 1.82) is 0 Å². The summed E-state index contributed by atoms with van der Waals surface area (Å²) in [5.74, 6) is 0.632. The van der Waals surface area contributed by atoms with Gasteiger partial charge in [-0.05, 0) is 26.7 Å². The average molecular weight is 348 g/mol. The van der Waals surface area contributed by atoms with Gasteiger partial charge in [-0.2, -0.15) is 0 Å². The summed E-state index contributed by atoms with van der Waals surface area (Å²) in [7, 11) is 1.52. The predicted octanol–water partition coefficient (Wildman–Crippen LogP) is 1.56. The van der Waals surface area contributed by atoms with E-state index in [-0.39, 0.29) is 18.4 Å². The summed E-state index contributed by atoms with van der Waals surface area (Å²) in [6.45, 7) is 5.64. The molecule has 1 aromatic heterocycles. The molecule has 136 valence electrons. The maximum atomic E-state index is 12.0. The number of carbonyl (C=O) groups is 2. The molecule has 25 heavy (non-hydrogen) atoms. The molecule has 2 saturated heterocycles. The van der Waals surface area contributed by atoms with Crippen molar-refractivity contribution in [2.45, 2.75) is 38.1 Å². The number of piperidine rings is 1. The van der Waals surface area contributed by atoms with Gasteiger partial charge in [-0.3, -0.25) is 14.7 Å². The Labute approximate surface area is 147 Å². The number of nitrogens with zero attached hydrogens (tertiary/aromatic N) is 4. The van der Waals surface area contributed by atoms with Gasteiger partial charge in [-0.1, -0.05) is 0 Å². The van der Waals surface area contributed by atoms with Gasteiger partial charge in [-0.25, -0.2) is 9.78 Å². The molecule has 2 fully saturated rings. The summed E-state index contributed by atoms with van der Waals surface area (Å²) in [5, 5.41) is 0. The monoisotopic (exact) mass is 348 g/mol. The van der Waals surface area contributed by atoms with Crippen molar-refractivity contribution in [3.63, 3.8) is 0 Å². The van der Waals surface area contributed by atoms with Crippen LogP contribution in [-0.4, -0.2) is 65.8 Å². The van der Waals surface area contributed by atoms with Crippen molar-refractivity contribution < 1.29 is 19.1 Å². The topological polar surface area (TPSA) is 84.9 Å². The first-order valence-electron chi connectivity index (χ1n) is 8.48. The highest BCUT2D eigenvalue weighted by Crippen LogP contribution is 2.30. The molecule has 3 heterocycles. The van der Waals surface area contributed by atoms with Crippen LogP contribution in [0.2, 0.25) is 0 Å². The highest BCUT2D eigenvalue weighted by atomic mass is 16.6. The molecule has 2 amide bonds. The number of rotatable bonds is 4. The minimum atomic E-state index is -0.443. The van der Waals surface area contributed by atoms with Crippen LogP contribution in [0.4, 0.5) is 10.6 Å². The number of likely N-dealkylation sites (tertiary alicyclic amines) is 1. The third-order valence-corrected chi connectivity index (χ3v) is 4.68. The largest absolute Gasteiger partial charge is 0.447 e. The fourth-order valence-electron chi connectivity index (χ4n) is 3.34. The highest BCUT2D eigenvalue weighted by molar-refractivity contribution is 5.89. The van der Waals surface area contributed by atoms with Gasteiger partial charge in [0.2, 0.25) is 5.91 Å². The summed E-state index contributed by atoms with van der Waals surface area (Å²) in [6, 6.07) is 0. The minimum Gasteiger partial charge on any atom is -0.447 e. The summed E-state index contributed by atoms with van der Waals surface area (Å²) in [6.07, 6.45) is 4.80. The molecule has 1 atom stereocenters. The number of aromatic nitrogens is 2. The van der Waals surface area contributed by atoms with E-state index in [1.165, 1.54) is 12.0 Å². The Morgan fingerprint density at radius 2 is 2.20 bits per heavy atom. The zero-order valence-electron chi connectivity index (χ0n) is 14.9. The third-order valence-electron chi connectivity index (χ3n) is 4.68. The summed E-state index contributed by atoms with van der Waals surface area (Å²) < 4.78 is 10.0. The first-order chi connectivity index (χ1) is 11.9. The van der Waals surface area contributed by atoms with Gasteiger partial charge in [0.15, 0.2) is 5.82 Å². The molecule has 0 radical (unpaired) electrons. The first kappa shape index (κ1) is 17.6. The van der Waals surface area contributed by atoms with Gasteiger partial charge >= 0.3 is 6.09 Å². The van der Waals surface area contributed by atoms with Crippen molar-refractivity contribution in [3.8, 4) is 0 Å². The van der Waals surface area contributed by atoms with E-state index < -0.39 is 11.6 Å². The van der Waals surface area contributed by atoms with E-state index in [1.807, 2.05) is 18.7 Å². The van der Waals surface area contributed by atoms with Crippen LogP contribution in [0, 0.1) is 0 Å². The molecule has 2 aliphatic rings. The van der Waals surface area contributed by atoms with E-state index in [1.54, 1.807) is 12.4 Å². The Kier molecular flexibility index (Phi) is 4.89. The van der Waals surface area contributed by atoms with Crippen LogP contribution >= 0.6 is 0 Å². The smallest absolute Gasteiger partial charge is 0.416 e. The molecule has 2 aliphatic heterocycles. The molecule has 8 heteroatoms. The number of cyclic esters (lactones) is 1. The van der Waals surface area contributed by atoms with Gasteiger partial charge in [0.05, 0.1) is 23.6 Å². The lowest BCUT2D eigenvalue weighted by molar-refractivity contribution is -0.136. The number of carbonyl (C=O) groups excluding carboxylic acids is 2. The van der Waals surface area contributed by atoms with E-state index in [0.717, 1.165) is 25.1 Å². The third kappa shape index (κ3) is 3.58. The second-order valence-corrected chi connectivity index (χ2v) is 7.11. The van der Waals surface area contributed by atoms with Gasteiger partial charge in [-0.15, -0.1) is 0 Å². The maximum absolute atomic E-state index is 12.0. The SMILES string of the molecule is COCC(=O)N1CCC[C@@H](c2cnc(N3C(=O)OCC3(C)C)cn2)C1. The molecule has 0 unspecified atom stereocenters. The molecule has 0 spiro atoms. The van der Waals surface area contributed by atoms with E-state index >= 15 is 0 Å². The number of amides is 2. The van der Waals surface area contributed by atoms with E-state index in [0.29, 0.717) is 19.0 Å². The molecule has 0 bridgehead atoms. The van der Waals surface area contributed by atoms with E-state index in [9.17, 15) is 9.59 Å². The summed E-state index contributed by atoms with van der Waals surface area (Å²) in [4.78, 5) is 36.2. The Bertz CT molecular complexity index is 647. The average Bonchev–Trinajstić information content (AvgIpc) is 2.88. The molecule has 0 saturated carbocycles. The lowest BCUT2D eigenvalue weighted by atomic mass is 9.95. The van der Waals surface area contributed by atoms with Crippen molar-refractivity contribution >= 4 is 17.8 Å². The normalized spacial score (nSPS) is 22.8. The van der Waals surface area contributed by atoms with Crippen molar-refractivity contribution in [1.82, 2.24) is 14.9 Å². The summed E-state index contributed by atoms with van der Waals surface area (Å²) >= 11 is 0. The fraction of sp³-hybridized carbons (Fsp3) is 0.647. The quantitative estimate of drug-likeness (QED) is 0.821. The van der Waals surface area contributed by atoms with Crippen LogP contribution < -0.4 is 4.90 Å². The Balaban J connectivity index is 1.72. The van der Waals surface area contributed by atoms with Crippen molar-refractivity contribution in [2.75, 3.05) is 38.3 Å². The lowest BCUT2D eigenvalue weighted by Crippen LogP contribution is -2.43. The van der Waals surface area contributed by atoms with Crippen molar-refractivity contribution in [2.24, 2.45) is 0 Å². The Morgan fingerprint density at radius 3 is 2.80 bits per heavy atom. The van der Waals surface area contributed by atoms with E-state index in [4.69, 9.17) is 9.47 Å². The molecule has 0 aliphatic carbocycles. The van der Waals surface area contributed by atoms with Crippen LogP contribution in [0.1, 0.15) is 38.3 Å². The number of ether oxygens (including phenoxy) is 2. The van der Waals surface area contributed by atoms with Gasteiger partial charge in [0, 0.05) is 26.1 Å². The molecular weight excluding hydrogens is 324 g/mol. The van der Waals surface area contributed by atoms with Crippen LogP contribution in [0.15, 0.2) is 12.4 Å². The Hall–Kier alpha value is -2.22. The predicted molar refractivity (Wildman–Crippen MR) is 90.4 cm³/mol. The molecule has 0 N–H and O–H groups in total. The molecule has 1 aromatic rings. The maximum Gasteiger partial charge on any atom is 0.416 e. The highest BCUT2D eigenvalue weighted by Gasteiger charge is 2.42. The number of anilines is 1. The lowest BCUT2D eigenvalue weighted by Gasteiger charge is -2.32. The zero-order valence-corrected chi connectivity index (χ0v) is 14.9. The number of methoxy groups -OCH3 is 1. The van der Waals surface area contributed by atoms with Crippen LogP contribution in [-0.2, 0) is 14.3 Å². The second-order valence-electron chi connectivity index (χ2n) is 7.11.